The Labute approximate surface area is 282 Å². The topological polar surface area (TPSA) is 184 Å². The van der Waals surface area contributed by atoms with Gasteiger partial charge in [0.25, 0.3) is 6.09 Å². The molecule has 3 heterocycles. The number of para-hydroxylation sites is 2. The number of nitriles is 1. The molecule has 6 rings (SSSR count). The highest BCUT2D eigenvalue weighted by atomic mass is 32.2. The zero-order valence-electron chi connectivity index (χ0n) is 26.8. The number of rotatable bonds is 9. The van der Waals surface area contributed by atoms with Gasteiger partial charge in [-0.3, -0.25) is 4.98 Å². The summed E-state index contributed by atoms with van der Waals surface area (Å²) in [5.74, 6) is -2.17. The predicted octanol–water partition coefficient (Wildman–Crippen LogP) is 2.79. The van der Waals surface area contributed by atoms with Crippen molar-refractivity contribution in [2.24, 2.45) is 0 Å². The molecule has 2 aliphatic heterocycles. The maximum atomic E-state index is 16.0. The van der Waals surface area contributed by atoms with Gasteiger partial charge in [0.15, 0.2) is 16.5 Å². The molecule has 4 aromatic rings. The number of amides is 2. The normalized spacial score (nSPS) is 23.1. The number of methoxy groups -OCH3 is 2. The summed E-state index contributed by atoms with van der Waals surface area (Å²) in [5, 5.41) is 27.9. The molecule has 4 atom stereocenters. The van der Waals surface area contributed by atoms with Gasteiger partial charge in [-0.15, -0.1) is 0 Å². The van der Waals surface area contributed by atoms with E-state index in [1.807, 2.05) is 0 Å². The standard InChI is InChI=1S/C34H32N6O8S/c1-4-48-28-12-8-6-10-25(28)34(26-19-38-27-11-7-5-9-24(26)27)32(41)40(33(42)43,21-22(18-35)39(34)31-20-36-15-16-37-31)49(44,45)30-14-13-23(46-2)17-29(30)47-3/h5-17,20,22,26,38H,4,19,21H2,1-3H3. The summed E-state index contributed by atoms with van der Waals surface area (Å²) in [6.45, 7) is 0.861. The second kappa shape index (κ2) is 12.7. The minimum absolute atomic E-state index is 0.0358. The van der Waals surface area contributed by atoms with Crippen LogP contribution in [-0.2, 0) is 20.4 Å². The summed E-state index contributed by atoms with van der Waals surface area (Å²) < 4.78 is 44.5. The SMILES string of the molecule is CCOc1ccccc1C1(C2CNc3ccccc32)C(=O)[N+](C(=O)[O-])(S(=O)(=O)c2ccc(OC)cc2OC)CC(C#N)N1c1cnccn1. The van der Waals surface area contributed by atoms with Gasteiger partial charge >= 0.3 is 15.9 Å². The van der Waals surface area contributed by atoms with Crippen LogP contribution in [0.5, 0.6) is 17.2 Å². The van der Waals surface area contributed by atoms with Crippen molar-refractivity contribution in [3.8, 4) is 23.3 Å². The fraction of sp³-hybridized carbons (Fsp3) is 0.265. The van der Waals surface area contributed by atoms with Gasteiger partial charge in [-0.25, -0.2) is 9.78 Å². The van der Waals surface area contributed by atoms with Gasteiger partial charge in [0.2, 0.25) is 0 Å². The van der Waals surface area contributed by atoms with E-state index in [0.717, 1.165) is 6.07 Å². The van der Waals surface area contributed by atoms with Crippen molar-refractivity contribution in [1.82, 2.24) is 9.97 Å². The van der Waals surface area contributed by atoms with E-state index in [0.29, 0.717) is 11.3 Å². The molecular formula is C34H32N6O8S. The number of quaternary nitrogens is 1. The first-order valence-corrected chi connectivity index (χ1v) is 16.7. The van der Waals surface area contributed by atoms with Crippen LogP contribution in [0.2, 0.25) is 0 Å². The number of benzene rings is 3. The Morgan fingerprint density at radius 3 is 2.53 bits per heavy atom. The zero-order valence-corrected chi connectivity index (χ0v) is 27.6. The molecule has 0 spiro atoms. The van der Waals surface area contributed by atoms with Crippen molar-refractivity contribution in [2.75, 3.05) is 44.1 Å². The van der Waals surface area contributed by atoms with Crippen molar-refractivity contribution in [2.45, 2.75) is 29.3 Å². The Bertz CT molecular complexity index is 2070. The quantitative estimate of drug-likeness (QED) is 0.254. The molecule has 1 N–H and O–H groups in total. The summed E-state index contributed by atoms with van der Waals surface area (Å²) in [7, 11) is -2.76. The highest BCUT2D eigenvalue weighted by molar-refractivity contribution is 7.86. The molecule has 3 aromatic carbocycles. The third kappa shape index (κ3) is 4.82. The van der Waals surface area contributed by atoms with E-state index < -0.39 is 54.9 Å². The molecule has 14 nitrogen and oxygen atoms in total. The number of carbonyl (C=O) groups excluding carboxylic acids is 2. The lowest BCUT2D eigenvalue weighted by molar-refractivity contribution is -0.693. The molecule has 0 saturated carbocycles. The van der Waals surface area contributed by atoms with Gasteiger partial charge in [0.05, 0.1) is 33.1 Å². The van der Waals surface area contributed by atoms with Crippen LogP contribution in [0.15, 0.2) is 90.2 Å². The van der Waals surface area contributed by atoms with Gasteiger partial charge in [0.1, 0.15) is 29.6 Å². The maximum Gasteiger partial charge on any atom is 0.366 e. The van der Waals surface area contributed by atoms with Crippen LogP contribution in [0, 0.1) is 11.3 Å². The van der Waals surface area contributed by atoms with Crippen molar-refractivity contribution in [3.05, 3.63) is 96.4 Å². The molecule has 252 valence electrons. The average Bonchev–Trinajstić information content (AvgIpc) is 3.56. The lowest BCUT2D eigenvalue weighted by Gasteiger charge is -2.55. The summed E-state index contributed by atoms with van der Waals surface area (Å²) >= 11 is 0. The minimum atomic E-state index is -5.33. The van der Waals surface area contributed by atoms with Crippen LogP contribution in [0.1, 0.15) is 24.0 Å². The van der Waals surface area contributed by atoms with E-state index in [9.17, 15) is 15.2 Å². The third-order valence-corrected chi connectivity index (χ3v) is 11.2. The lowest BCUT2D eigenvalue weighted by Crippen LogP contribution is -2.81. The predicted molar refractivity (Wildman–Crippen MR) is 173 cm³/mol. The number of carboxylic acid groups (broad SMARTS) is 1. The van der Waals surface area contributed by atoms with Crippen molar-refractivity contribution < 1.29 is 41.2 Å². The first-order valence-electron chi connectivity index (χ1n) is 15.2. The van der Waals surface area contributed by atoms with Crippen molar-refractivity contribution >= 4 is 33.5 Å². The second-order valence-electron chi connectivity index (χ2n) is 11.3. The monoisotopic (exact) mass is 684 g/mol. The number of hydrogen-bond acceptors (Lipinski definition) is 13. The summed E-state index contributed by atoms with van der Waals surface area (Å²) in [4.78, 5) is 39.1. The Hall–Kier alpha value is -5.72. The molecular weight excluding hydrogens is 652 g/mol. The third-order valence-electron chi connectivity index (χ3n) is 9.01. The van der Waals surface area contributed by atoms with Gasteiger partial charge in [0, 0.05) is 42.2 Å². The molecule has 1 aromatic heterocycles. The number of ether oxygens (including phenoxy) is 3. The van der Waals surface area contributed by atoms with E-state index in [4.69, 9.17) is 14.2 Å². The molecule has 0 radical (unpaired) electrons. The number of nitrogens with one attached hydrogen (secondary N) is 1. The molecule has 0 aliphatic carbocycles. The van der Waals surface area contributed by atoms with Crippen molar-refractivity contribution in [1.29, 1.82) is 5.26 Å². The molecule has 1 saturated heterocycles. The van der Waals surface area contributed by atoms with Crippen LogP contribution in [-0.4, -0.2) is 74.2 Å². The number of nitrogens with zero attached hydrogens (tertiary/aromatic N) is 5. The fourth-order valence-corrected chi connectivity index (χ4v) is 8.84. The smallest absolute Gasteiger partial charge is 0.366 e. The Morgan fingerprint density at radius 1 is 1.10 bits per heavy atom. The molecule has 4 unspecified atom stereocenters. The number of aromatic nitrogens is 2. The van der Waals surface area contributed by atoms with Gasteiger partial charge in [-0.1, -0.05) is 40.3 Å². The van der Waals surface area contributed by atoms with E-state index in [1.165, 1.54) is 49.8 Å². The first kappa shape index (κ1) is 33.2. The van der Waals surface area contributed by atoms with Crippen LogP contribution < -0.4 is 29.5 Å². The summed E-state index contributed by atoms with van der Waals surface area (Å²) in [6, 6.07) is 17.7. The minimum Gasteiger partial charge on any atom is -0.497 e. The highest BCUT2D eigenvalue weighted by Gasteiger charge is 2.73. The van der Waals surface area contributed by atoms with Gasteiger partial charge in [-0.2, -0.15) is 13.7 Å². The molecule has 2 amide bonds. The number of carbonyl (C=O) groups is 2. The lowest BCUT2D eigenvalue weighted by atomic mass is 9.70. The second-order valence-corrected chi connectivity index (χ2v) is 13.3. The number of hydrogen-bond donors (Lipinski definition) is 1. The van der Waals surface area contributed by atoms with E-state index in [-0.39, 0.29) is 41.8 Å². The van der Waals surface area contributed by atoms with Crippen LogP contribution in [0.4, 0.5) is 16.3 Å². The van der Waals surface area contributed by atoms with Crippen LogP contribution in [0.25, 0.3) is 0 Å². The van der Waals surface area contributed by atoms with E-state index in [2.05, 4.69) is 21.4 Å². The average molecular weight is 685 g/mol. The molecule has 15 heteroatoms. The number of anilines is 2. The Kier molecular flexibility index (Phi) is 8.61. The number of fused-ring (bicyclic) bond motifs is 1. The molecule has 49 heavy (non-hydrogen) atoms. The first-order chi connectivity index (χ1) is 23.6. The number of piperazine rings is 1. The number of sulfonamides is 1. The molecule has 0 bridgehead atoms. The van der Waals surface area contributed by atoms with Crippen LogP contribution >= 0.6 is 0 Å². The molecule has 2 aliphatic rings. The summed E-state index contributed by atoms with van der Waals surface area (Å²) in [5.41, 5.74) is -0.951. The van der Waals surface area contributed by atoms with E-state index >= 15 is 13.2 Å². The largest absolute Gasteiger partial charge is 0.497 e. The van der Waals surface area contributed by atoms with Gasteiger partial charge < -0.3 is 34.3 Å². The fourth-order valence-electron chi connectivity index (χ4n) is 6.97. The zero-order chi connectivity index (χ0) is 35.0. The summed E-state index contributed by atoms with van der Waals surface area (Å²) in [6.07, 6.45) is 1.85. The Morgan fingerprint density at radius 2 is 1.86 bits per heavy atom. The van der Waals surface area contributed by atoms with Crippen molar-refractivity contribution in [3.63, 3.8) is 0 Å². The van der Waals surface area contributed by atoms with Crippen LogP contribution in [0.3, 0.4) is 0 Å². The van der Waals surface area contributed by atoms with Gasteiger partial charge in [-0.05, 0) is 36.8 Å². The number of imide groups is 1. The maximum absolute atomic E-state index is 16.0. The van der Waals surface area contributed by atoms with E-state index in [1.54, 1.807) is 55.5 Å². The Balaban J connectivity index is 1.79. The highest BCUT2D eigenvalue weighted by Crippen LogP contribution is 2.56. The molecule has 1 fully saturated rings.